The highest BCUT2D eigenvalue weighted by molar-refractivity contribution is 6.02. The van der Waals surface area contributed by atoms with Crippen LogP contribution in [0.1, 0.15) is 68.6 Å². The summed E-state index contributed by atoms with van der Waals surface area (Å²) in [6.07, 6.45) is 1.25. The summed E-state index contributed by atoms with van der Waals surface area (Å²) in [5, 5.41) is 3.00. The number of ether oxygens (including phenoxy) is 3. The molecule has 6 heteroatoms. The fourth-order valence-electron chi connectivity index (χ4n) is 5.04. The van der Waals surface area contributed by atoms with Gasteiger partial charge in [0.1, 0.15) is 0 Å². The third-order valence-corrected chi connectivity index (χ3v) is 6.87. The number of carbonyl (C=O) groups excluding carboxylic acids is 2. The molecule has 34 heavy (non-hydrogen) atoms. The average Bonchev–Trinajstić information content (AvgIpc) is 2.81. The molecule has 4 rings (SSSR count). The number of allylic oxidation sites excluding steroid dienone is 2. The number of benzene rings is 2. The first-order valence-corrected chi connectivity index (χ1v) is 11.6. The molecule has 2 unspecified atom stereocenters. The van der Waals surface area contributed by atoms with E-state index in [0.717, 1.165) is 16.8 Å². The van der Waals surface area contributed by atoms with E-state index in [9.17, 15) is 9.59 Å². The van der Waals surface area contributed by atoms with Gasteiger partial charge in [0, 0.05) is 30.0 Å². The Balaban J connectivity index is 1.70. The maximum Gasteiger partial charge on any atom is 0.225 e. The Kier molecular flexibility index (Phi) is 6.43. The highest BCUT2D eigenvalue weighted by Gasteiger charge is 2.39. The van der Waals surface area contributed by atoms with Crippen LogP contribution in [-0.4, -0.2) is 33.0 Å². The molecule has 0 saturated carbocycles. The summed E-state index contributed by atoms with van der Waals surface area (Å²) in [6, 6.07) is 12.2. The molecule has 0 spiro atoms. The smallest absolute Gasteiger partial charge is 0.225 e. The minimum Gasteiger partial charge on any atom is -0.493 e. The number of carbonyl (C=O) groups is 2. The van der Waals surface area contributed by atoms with Gasteiger partial charge in [-0.2, -0.15) is 0 Å². The summed E-state index contributed by atoms with van der Waals surface area (Å²) in [5.41, 5.74) is 4.68. The first kappa shape index (κ1) is 23.9. The molecular weight excluding hydrogens is 430 g/mol. The van der Waals surface area contributed by atoms with Gasteiger partial charge >= 0.3 is 0 Å². The average molecular weight is 464 g/mol. The van der Waals surface area contributed by atoms with Gasteiger partial charge in [-0.1, -0.05) is 45.0 Å². The standard InChI is InChI=1S/C28H33NO5/c1-28(2,3)19-9-7-16(8-10-19)17-11-21-26(22(30)12-17)20(15-25(31)29-21)18-13-23(32-4)27(34-6)24(14-18)33-5/h7-10,13-14,17,20H,11-12,15H2,1-6H3,(H,29,31). The Bertz CT molecular complexity index is 1120. The second-order valence-electron chi connectivity index (χ2n) is 10.1. The van der Waals surface area contributed by atoms with E-state index in [4.69, 9.17) is 14.2 Å². The SMILES string of the molecule is COc1cc(C2CC(=O)NC3=C2C(=O)CC(c2ccc(C(C)(C)C)cc2)C3)cc(OC)c1OC. The van der Waals surface area contributed by atoms with Gasteiger partial charge < -0.3 is 19.5 Å². The second-order valence-corrected chi connectivity index (χ2v) is 10.1. The molecule has 1 aliphatic heterocycles. The number of nitrogens with one attached hydrogen (secondary N) is 1. The molecule has 180 valence electrons. The van der Waals surface area contributed by atoms with Crippen LogP contribution in [0.15, 0.2) is 47.7 Å². The largest absolute Gasteiger partial charge is 0.493 e. The van der Waals surface area contributed by atoms with Gasteiger partial charge in [0.2, 0.25) is 11.7 Å². The summed E-state index contributed by atoms with van der Waals surface area (Å²) in [7, 11) is 4.66. The molecule has 1 heterocycles. The number of hydrogen-bond acceptors (Lipinski definition) is 5. The van der Waals surface area contributed by atoms with Gasteiger partial charge in [-0.3, -0.25) is 9.59 Å². The van der Waals surface area contributed by atoms with Crippen LogP contribution < -0.4 is 19.5 Å². The molecule has 6 nitrogen and oxygen atoms in total. The summed E-state index contributed by atoms with van der Waals surface area (Å²) in [4.78, 5) is 26.2. The van der Waals surface area contributed by atoms with Crippen LogP contribution in [0.3, 0.4) is 0 Å². The highest BCUT2D eigenvalue weighted by atomic mass is 16.5. The van der Waals surface area contributed by atoms with Crippen LogP contribution in [0.2, 0.25) is 0 Å². The molecule has 0 bridgehead atoms. The summed E-state index contributed by atoms with van der Waals surface area (Å²) >= 11 is 0. The molecular formula is C28H33NO5. The predicted octanol–water partition coefficient (Wildman–Crippen LogP) is 5.01. The van der Waals surface area contributed by atoms with Gasteiger partial charge in [-0.05, 0) is 46.6 Å². The van der Waals surface area contributed by atoms with Crippen molar-refractivity contribution in [2.75, 3.05) is 21.3 Å². The first-order chi connectivity index (χ1) is 16.2. The Labute approximate surface area is 201 Å². The van der Waals surface area contributed by atoms with E-state index in [1.165, 1.54) is 5.56 Å². The van der Waals surface area contributed by atoms with E-state index in [1.807, 2.05) is 12.1 Å². The monoisotopic (exact) mass is 463 g/mol. The van der Waals surface area contributed by atoms with Crippen molar-refractivity contribution in [3.8, 4) is 17.2 Å². The van der Waals surface area contributed by atoms with Crippen LogP contribution >= 0.6 is 0 Å². The van der Waals surface area contributed by atoms with Crippen molar-refractivity contribution in [3.63, 3.8) is 0 Å². The molecule has 2 aliphatic rings. The van der Waals surface area contributed by atoms with E-state index in [0.29, 0.717) is 35.7 Å². The van der Waals surface area contributed by atoms with E-state index in [-0.39, 0.29) is 35.4 Å². The number of hydrogen-bond donors (Lipinski definition) is 1. The normalized spacial score (nSPS) is 20.5. The van der Waals surface area contributed by atoms with Crippen LogP contribution in [-0.2, 0) is 15.0 Å². The lowest BCUT2D eigenvalue weighted by molar-refractivity contribution is -0.122. The minimum absolute atomic E-state index is 0.0410. The van der Waals surface area contributed by atoms with Crippen LogP contribution in [0, 0.1) is 0 Å². The fraction of sp³-hybridized carbons (Fsp3) is 0.429. The molecule has 2 aromatic carbocycles. The predicted molar refractivity (Wildman–Crippen MR) is 131 cm³/mol. The van der Waals surface area contributed by atoms with Crippen molar-refractivity contribution < 1.29 is 23.8 Å². The van der Waals surface area contributed by atoms with Crippen molar-refractivity contribution in [2.45, 2.75) is 57.3 Å². The maximum atomic E-state index is 13.5. The molecule has 0 fully saturated rings. The molecule has 1 amide bonds. The lowest BCUT2D eigenvalue weighted by Gasteiger charge is -2.35. The molecule has 0 saturated heterocycles. The van der Waals surface area contributed by atoms with E-state index >= 15 is 0 Å². The number of methoxy groups -OCH3 is 3. The van der Waals surface area contributed by atoms with Gasteiger partial charge in [0.05, 0.1) is 21.3 Å². The molecule has 2 aromatic rings. The van der Waals surface area contributed by atoms with Gasteiger partial charge in [0.15, 0.2) is 17.3 Å². The van der Waals surface area contributed by atoms with E-state index < -0.39 is 0 Å². The maximum absolute atomic E-state index is 13.5. The number of rotatable bonds is 5. The lowest BCUT2D eigenvalue weighted by atomic mass is 9.73. The van der Waals surface area contributed by atoms with E-state index in [2.05, 4.69) is 50.4 Å². The quantitative estimate of drug-likeness (QED) is 0.674. The second kappa shape index (κ2) is 9.16. The van der Waals surface area contributed by atoms with Crippen molar-refractivity contribution >= 4 is 11.7 Å². The fourth-order valence-corrected chi connectivity index (χ4v) is 5.04. The Hall–Kier alpha value is -3.28. The summed E-state index contributed by atoms with van der Waals surface area (Å²) in [6.45, 7) is 6.55. The number of amides is 1. The topological polar surface area (TPSA) is 73.9 Å². The molecule has 1 N–H and O–H groups in total. The molecule has 1 aliphatic carbocycles. The zero-order chi connectivity index (χ0) is 24.6. The zero-order valence-electron chi connectivity index (χ0n) is 20.8. The highest BCUT2D eigenvalue weighted by Crippen LogP contribution is 2.46. The van der Waals surface area contributed by atoms with Crippen molar-refractivity contribution in [3.05, 3.63) is 64.4 Å². The summed E-state index contributed by atoms with van der Waals surface area (Å²) in [5.74, 6) is 1.17. The third kappa shape index (κ3) is 4.41. The van der Waals surface area contributed by atoms with Crippen molar-refractivity contribution in [2.24, 2.45) is 0 Å². The third-order valence-electron chi connectivity index (χ3n) is 6.87. The van der Waals surface area contributed by atoms with Gasteiger partial charge in [0.25, 0.3) is 0 Å². The number of Topliss-reactive ketones (excluding diaryl/α,β-unsaturated/α-hetero) is 1. The van der Waals surface area contributed by atoms with Crippen LogP contribution in [0.5, 0.6) is 17.2 Å². The van der Waals surface area contributed by atoms with Gasteiger partial charge in [-0.25, -0.2) is 0 Å². The van der Waals surface area contributed by atoms with Crippen molar-refractivity contribution in [1.29, 1.82) is 0 Å². The number of ketones is 1. The summed E-state index contributed by atoms with van der Waals surface area (Å²) < 4.78 is 16.4. The molecule has 2 atom stereocenters. The van der Waals surface area contributed by atoms with Crippen LogP contribution in [0.4, 0.5) is 0 Å². The zero-order valence-corrected chi connectivity index (χ0v) is 20.8. The Morgan fingerprint density at radius 1 is 0.824 bits per heavy atom. The van der Waals surface area contributed by atoms with Gasteiger partial charge in [-0.15, -0.1) is 0 Å². The Morgan fingerprint density at radius 2 is 1.44 bits per heavy atom. The molecule has 0 radical (unpaired) electrons. The minimum atomic E-state index is -0.353. The van der Waals surface area contributed by atoms with Crippen molar-refractivity contribution in [1.82, 2.24) is 5.32 Å². The lowest BCUT2D eigenvalue weighted by Crippen LogP contribution is -2.38. The van der Waals surface area contributed by atoms with Crippen LogP contribution in [0.25, 0.3) is 0 Å². The first-order valence-electron chi connectivity index (χ1n) is 11.6. The Morgan fingerprint density at radius 3 is 1.97 bits per heavy atom. The van der Waals surface area contributed by atoms with E-state index in [1.54, 1.807) is 21.3 Å². The molecule has 0 aromatic heterocycles.